The Kier molecular flexibility index (Phi) is 2.76. The fourth-order valence-electron chi connectivity index (χ4n) is 1.69. The maximum atomic E-state index is 4.18. The minimum Gasteiger partial charge on any atom is -0.311 e. The lowest BCUT2D eigenvalue weighted by Gasteiger charge is -2.30. The van der Waals surface area contributed by atoms with Crippen LogP contribution in [-0.4, -0.2) is 16.8 Å². The summed E-state index contributed by atoms with van der Waals surface area (Å²) >= 11 is 0. The highest BCUT2D eigenvalue weighted by molar-refractivity contribution is 5.09. The van der Waals surface area contributed by atoms with E-state index < -0.39 is 0 Å². The molecular weight excluding hydrogens is 162 g/mol. The van der Waals surface area contributed by atoms with Crippen molar-refractivity contribution in [3.8, 4) is 0 Å². The van der Waals surface area contributed by atoms with Crippen LogP contribution >= 0.6 is 0 Å². The molecule has 0 aliphatic carbocycles. The first-order valence-corrected chi connectivity index (χ1v) is 4.62. The molecule has 1 aromatic rings. The fraction of sp³-hybridized carbons (Fsp3) is 0.700. The minimum absolute atomic E-state index is 0.211. The van der Waals surface area contributed by atoms with Gasteiger partial charge in [-0.05, 0) is 18.5 Å². The predicted molar refractivity (Wildman–Crippen MR) is 54.5 cm³/mol. The van der Waals surface area contributed by atoms with Crippen LogP contribution in [0.4, 0.5) is 0 Å². The molecule has 1 atom stereocenters. The standard InChI is InChI=1S/C10H19N3/c1-10(2,3)9(11-4)8-6-7-12-13(8)5/h6-7,9,11H,1-5H3. The van der Waals surface area contributed by atoms with Crippen LogP contribution in [0.1, 0.15) is 32.5 Å². The van der Waals surface area contributed by atoms with E-state index in [0.717, 1.165) is 0 Å². The molecule has 1 N–H and O–H groups in total. The molecule has 0 saturated heterocycles. The van der Waals surface area contributed by atoms with Gasteiger partial charge < -0.3 is 5.32 Å². The average molecular weight is 181 g/mol. The van der Waals surface area contributed by atoms with Crippen molar-refractivity contribution in [3.05, 3.63) is 18.0 Å². The van der Waals surface area contributed by atoms with Crippen LogP contribution in [0.25, 0.3) is 0 Å². The smallest absolute Gasteiger partial charge is 0.0555 e. The van der Waals surface area contributed by atoms with Crippen LogP contribution in [0.2, 0.25) is 0 Å². The van der Waals surface area contributed by atoms with Crippen LogP contribution in [0.3, 0.4) is 0 Å². The predicted octanol–water partition coefficient (Wildman–Crippen LogP) is 1.73. The molecule has 0 bridgehead atoms. The molecule has 1 rings (SSSR count). The number of nitrogens with one attached hydrogen (secondary N) is 1. The van der Waals surface area contributed by atoms with Crippen LogP contribution in [0.5, 0.6) is 0 Å². The molecule has 0 amide bonds. The lowest BCUT2D eigenvalue weighted by atomic mass is 9.85. The molecule has 0 aliphatic rings. The van der Waals surface area contributed by atoms with Crippen molar-refractivity contribution >= 4 is 0 Å². The van der Waals surface area contributed by atoms with Gasteiger partial charge >= 0.3 is 0 Å². The van der Waals surface area contributed by atoms with E-state index in [1.165, 1.54) is 5.69 Å². The Morgan fingerprint density at radius 3 is 2.38 bits per heavy atom. The van der Waals surface area contributed by atoms with Crippen LogP contribution in [0.15, 0.2) is 12.3 Å². The monoisotopic (exact) mass is 181 g/mol. The van der Waals surface area contributed by atoms with Gasteiger partial charge in [-0.15, -0.1) is 0 Å². The number of hydrogen-bond acceptors (Lipinski definition) is 2. The SMILES string of the molecule is CNC(c1ccnn1C)C(C)(C)C. The van der Waals surface area contributed by atoms with Gasteiger partial charge in [0.15, 0.2) is 0 Å². The number of nitrogens with zero attached hydrogens (tertiary/aromatic N) is 2. The topological polar surface area (TPSA) is 29.9 Å². The summed E-state index contributed by atoms with van der Waals surface area (Å²) < 4.78 is 1.92. The Balaban J connectivity index is 2.98. The second-order valence-electron chi connectivity index (χ2n) is 4.47. The van der Waals surface area contributed by atoms with Gasteiger partial charge in [0.25, 0.3) is 0 Å². The molecular formula is C10H19N3. The molecule has 13 heavy (non-hydrogen) atoms. The van der Waals surface area contributed by atoms with E-state index in [1.54, 1.807) is 0 Å². The first-order chi connectivity index (χ1) is 5.96. The molecule has 74 valence electrons. The van der Waals surface area contributed by atoms with Crippen molar-refractivity contribution in [3.63, 3.8) is 0 Å². The van der Waals surface area contributed by atoms with Crippen molar-refractivity contribution in [2.45, 2.75) is 26.8 Å². The first kappa shape index (κ1) is 10.3. The van der Waals surface area contributed by atoms with E-state index in [4.69, 9.17) is 0 Å². The Morgan fingerprint density at radius 2 is 2.08 bits per heavy atom. The van der Waals surface area contributed by atoms with E-state index in [2.05, 4.69) is 37.3 Å². The molecule has 3 heteroatoms. The normalized spacial score (nSPS) is 14.5. The molecule has 0 spiro atoms. The van der Waals surface area contributed by atoms with E-state index in [0.29, 0.717) is 6.04 Å². The quantitative estimate of drug-likeness (QED) is 0.753. The summed E-state index contributed by atoms with van der Waals surface area (Å²) in [6.07, 6.45) is 1.84. The Hall–Kier alpha value is -0.830. The van der Waals surface area contributed by atoms with Gasteiger partial charge in [-0.1, -0.05) is 20.8 Å². The summed E-state index contributed by atoms with van der Waals surface area (Å²) in [7, 11) is 3.97. The van der Waals surface area contributed by atoms with E-state index in [9.17, 15) is 0 Å². The Bertz CT molecular complexity index is 270. The third kappa shape index (κ3) is 2.10. The van der Waals surface area contributed by atoms with E-state index in [-0.39, 0.29) is 5.41 Å². The largest absolute Gasteiger partial charge is 0.311 e. The molecule has 0 aliphatic heterocycles. The van der Waals surface area contributed by atoms with Crippen LogP contribution in [0, 0.1) is 5.41 Å². The van der Waals surface area contributed by atoms with E-state index in [1.807, 2.05) is 25.0 Å². The van der Waals surface area contributed by atoms with Gasteiger partial charge in [-0.25, -0.2) is 0 Å². The summed E-state index contributed by atoms with van der Waals surface area (Å²) in [5, 5.41) is 7.50. The number of aromatic nitrogens is 2. The van der Waals surface area contributed by atoms with Crippen LogP contribution in [-0.2, 0) is 7.05 Å². The second-order valence-corrected chi connectivity index (χ2v) is 4.47. The summed E-state index contributed by atoms with van der Waals surface area (Å²) in [6.45, 7) is 6.67. The molecule has 1 aromatic heterocycles. The van der Waals surface area contributed by atoms with Crippen molar-refractivity contribution in [2.24, 2.45) is 12.5 Å². The first-order valence-electron chi connectivity index (χ1n) is 4.62. The van der Waals surface area contributed by atoms with E-state index >= 15 is 0 Å². The highest BCUT2D eigenvalue weighted by Gasteiger charge is 2.26. The molecule has 0 fully saturated rings. The van der Waals surface area contributed by atoms with Gasteiger partial charge in [0.2, 0.25) is 0 Å². The molecule has 3 nitrogen and oxygen atoms in total. The zero-order valence-electron chi connectivity index (χ0n) is 9.13. The van der Waals surface area contributed by atoms with Crippen molar-refractivity contribution < 1.29 is 0 Å². The number of hydrogen-bond donors (Lipinski definition) is 1. The van der Waals surface area contributed by atoms with Crippen molar-refractivity contribution in [2.75, 3.05) is 7.05 Å². The van der Waals surface area contributed by atoms with Crippen molar-refractivity contribution in [1.82, 2.24) is 15.1 Å². The molecule has 1 unspecified atom stereocenters. The third-order valence-corrected chi connectivity index (χ3v) is 2.31. The second kappa shape index (κ2) is 3.50. The summed E-state index contributed by atoms with van der Waals surface area (Å²) in [5.74, 6) is 0. The third-order valence-electron chi connectivity index (χ3n) is 2.31. The summed E-state index contributed by atoms with van der Waals surface area (Å²) in [5.41, 5.74) is 1.44. The molecule has 0 saturated carbocycles. The fourth-order valence-corrected chi connectivity index (χ4v) is 1.69. The Morgan fingerprint density at radius 1 is 1.46 bits per heavy atom. The molecule has 0 aromatic carbocycles. The van der Waals surface area contributed by atoms with Gasteiger partial charge in [-0.3, -0.25) is 4.68 Å². The highest BCUT2D eigenvalue weighted by atomic mass is 15.3. The maximum absolute atomic E-state index is 4.18. The average Bonchev–Trinajstić information content (AvgIpc) is 2.35. The molecule has 1 heterocycles. The minimum atomic E-state index is 0.211. The molecule has 0 radical (unpaired) electrons. The van der Waals surface area contributed by atoms with Gasteiger partial charge in [0.1, 0.15) is 0 Å². The van der Waals surface area contributed by atoms with Gasteiger partial charge in [0.05, 0.1) is 11.7 Å². The zero-order chi connectivity index (χ0) is 10.1. The van der Waals surface area contributed by atoms with Crippen LogP contribution < -0.4 is 5.32 Å². The lowest BCUT2D eigenvalue weighted by molar-refractivity contribution is 0.274. The number of rotatable bonds is 2. The lowest BCUT2D eigenvalue weighted by Crippen LogP contribution is -2.31. The van der Waals surface area contributed by atoms with Gasteiger partial charge in [-0.2, -0.15) is 5.10 Å². The highest BCUT2D eigenvalue weighted by Crippen LogP contribution is 2.31. The number of aryl methyl sites for hydroxylation is 1. The zero-order valence-corrected chi connectivity index (χ0v) is 9.13. The summed E-state index contributed by atoms with van der Waals surface area (Å²) in [6, 6.07) is 2.41. The Labute approximate surface area is 80.1 Å². The summed E-state index contributed by atoms with van der Waals surface area (Å²) in [4.78, 5) is 0. The van der Waals surface area contributed by atoms with Gasteiger partial charge in [0, 0.05) is 13.2 Å². The van der Waals surface area contributed by atoms with Crippen molar-refractivity contribution in [1.29, 1.82) is 0 Å². The maximum Gasteiger partial charge on any atom is 0.0555 e.